The molecule has 2 unspecified atom stereocenters. The lowest BCUT2D eigenvalue weighted by Gasteiger charge is -2.31. The van der Waals surface area contributed by atoms with Crippen molar-refractivity contribution in [3.63, 3.8) is 0 Å². The van der Waals surface area contributed by atoms with Crippen LogP contribution in [0, 0.1) is 5.92 Å². The van der Waals surface area contributed by atoms with Crippen LogP contribution in [0.2, 0.25) is 0 Å². The van der Waals surface area contributed by atoms with Crippen LogP contribution in [0.4, 0.5) is 0 Å². The Morgan fingerprint density at radius 1 is 1.38 bits per heavy atom. The van der Waals surface area contributed by atoms with Crippen LogP contribution in [0.15, 0.2) is 0 Å². The van der Waals surface area contributed by atoms with E-state index in [-0.39, 0.29) is 12.1 Å². The topological polar surface area (TPSA) is 49.5 Å². The van der Waals surface area contributed by atoms with Gasteiger partial charge in [-0.2, -0.15) is 0 Å². The van der Waals surface area contributed by atoms with E-state index in [9.17, 15) is 5.11 Å². The summed E-state index contributed by atoms with van der Waals surface area (Å²) in [6.45, 7) is 4.74. The Morgan fingerprint density at radius 3 is 2.69 bits per heavy atom. The fourth-order valence-corrected chi connectivity index (χ4v) is 3.17. The van der Waals surface area contributed by atoms with Gasteiger partial charge in [0.25, 0.3) is 0 Å². The molecule has 0 aromatic rings. The first-order chi connectivity index (χ1) is 7.69. The van der Waals surface area contributed by atoms with Crippen molar-refractivity contribution in [2.24, 2.45) is 11.7 Å². The van der Waals surface area contributed by atoms with Crippen molar-refractivity contribution >= 4 is 0 Å². The number of aliphatic hydroxyl groups is 1. The molecule has 94 valence electrons. The molecule has 0 aliphatic heterocycles. The Kier molecular flexibility index (Phi) is 3.88. The third kappa shape index (κ3) is 2.58. The zero-order chi connectivity index (χ0) is 11.6. The van der Waals surface area contributed by atoms with Crippen LogP contribution < -0.4 is 5.73 Å². The van der Waals surface area contributed by atoms with Crippen molar-refractivity contribution in [2.75, 3.05) is 19.7 Å². The quantitative estimate of drug-likeness (QED) is 0.719. The Bertz CT molecular complexity index is 230. The molecule has 0 radical (unpaired) electrons. The first-order valence-corrected chi connectivity index (χ1v) is 6.83. The van der Waals surface area contributed by atoms with Crippen molar-refractivity contribution < 1.29 is 5.11 Å². The fraction of sp³-hybridized carbons (Fsp3) is 1.00. The minimum atomic E-state index is -0.275. The van der Waals surface area contributed by atoms with Crippen molar-refractivity contribution in [1.82, 2.24) is 4.90 Å². The molecule has 0 heterocycles. The van der Waals surface area contributed by atoms with Crippen molar-refractivity contribution in [2.45, 2.75) is 57.0 Å². The van der Waals surface area contributed by atoms with E-state index in [4.69, 9.17) is 5.73 Å². The molecule has 3 N–H and O–H groups in total. The van der Waals surface area contributed by atoms with E-state index in [1.54, 1.807) is 0 Å². The van der Waals surface area contributed by atoms with Crippen molar-refractivity contribution in [1.29, 1.82) is 0 Å². The first kappa shape index (κ1) is 12.3. The molecule has 2 saturated carbocycles. The van der Waals surface area contributed by atoms with Crippen LogP contribution in [0.1, 0.15) is 45.4 Å². The van der Waals surface area contributed by atoms with Gasteiger partial charge >= 0.3 is 0 Å². The lowest BCUT2D eigenvalue weighted by atomic mass is 9.86. The van der Waals surface area contributed by atoms with Gasteiger partial charge in [0.05, 0.1) is 6.61 Å². The van der Waals surface area contributed by atoms with E-state index in [1.807, 2.05) is 0 Å². The molecule has 0 bridgehead atoms. The second kappa shape index (κ2) is 5.03. The number of nitrogens with two attached hydrogens (primary N) is 1. The minimum absolute atomic E-state index is 0.160. The van der Waals surface area contributed by atoms with Gasteiger partial charge in [-0.1, -0.05) is 13.3 Å². The molecule has 2 rings (SSSR count). The second-order valence-electron chi connectivity index (χ2n) is 5.63. The molecule has 0 aromatic heterocycles. The molecule has 0 amide bonds. The molecule has 16 heavy (non-hydrogen) atoms. The summed E-state index contributed by atoms with van der Waals surface area (Å²) in [4.78, 5) is 2.58. The van der Waals surface area contributed by atoms with E-state index < -0.39 is 0 Å². The zero-order valence-electron chi connectivity index (χ0n) is 10.5. The lowest BCUT2D eigenvalue weighted by molar-refractivity contribution is 0.143. The fourth-order valence-electron chi connectivity index (χ4n) is 3.17. The van der Waals surface area contributed by atoms with Crippen molar-refractivity contribution in [3.8, 4) is 0 Å². The number of hydrogen-bond donors (Lipinski definition) is 2. The Balaban J connectivity index is 1.80. The summed E-state index contributed by atoms with van der Waals surface area (Å²) in [7, 11) is 0. The molecule has 3 nitrogen and oxygen atoms in total. The molecule has 0 aromatic carbocycles. The van der Waals surface area contributed by atoms with Crippen LogP contribution in [0.3, 0.4) is 0 Å². The van der Waals surface area contributed by atoms with E-state index >= 15 is 0 Å². The van der Waals surface area contributed by atoms with Gasteiger partial charge in [-0.15, -0.1) is 0 Å². The van der Waals surface area contributed by atoms with E-state index in [0.717, 1.165) is 19.0 Å². The van der Waals surface area contributed by atoms with E-state index in [0.29, 0.717) is 5.92 Å². The monoisotopic (exact) mass is 226 g/mol. The molecular formula is C13H26N2O. The maximum Gasteiger partial charge on any atom is 0.0613 e. The number of nitrogens with zero attached hydrogens (tertiary/aromatic N) is 1. The van der Waals surface area contributed by atoms with Gasteiger partial charge < -0.3 is 15.7 Å². The summed E-state index contributed by atoms with van der Waals surface area (Å²) >= 11 is 0. The standard InChI is InChI=1S/C13H26N2O/c1-2-15(12-5-6-12)9-7-11-4-3-8-13(11,14)10-16/h11-12,16H,2-10,14H2,1H3. The summed E-state index contributed by atoms with van der Waals surface area (Å²) in [6, 6.07) is 0.854. The van der Waals surface area contributed by atoms with Gasteiger partial charge in [0, 0.05) is 11.6 Å². The normalized spacial score (nSPS) is 34.9. The summed E-state index contributed by atoms with van der Waals surface area (Å²) in [5, 5.41) is 9.40. The number of hydrogen-bond acceptors (Lipinski definition) is 3. The van der Waals surface area contributed by atoms with Gasteiger partial charge in [0.15, 0.2) is 0 Å². The number of aliphatic hydroxyl groups excluding tert-OH is 1. The highest BCUT2D eigenvalue weighted by Gasteiger charge is 2.39. The average molecular weight is 226 g/mol. The smallest absolute Gasteiger partial charge is 0.0613 e. The predicted octanol–water partition coefficient (Wildman–Crippen LogP) is 1.35. The molecule has 0 saturated heterocycles. The molecule has 2 fully saturated rings. The highest BCUT2D eigenvalue weighted by Crippen LogP contribution is 2.36. The lowest BCUT2D eigenvalue weighted by Crippen LogP contribution is -2.48. The summed E-state index contributed by atoms with van der Waals surface area (Å²) in [6.07, 6.45) is 7.33. The van der Waals surface area contributed by atoms with Crippen LogP contribution in [0.5, 0.6) is 0 Å². The predicted molar refractivity (Wildman–Crippen MR) is 66.2 cm³/mol. The van der Waals surface area contributed by atoms with Crippen LogP contribution in [-0.4, -0.2) is 41.3 Å². The Labute approximate surface area is 99.0 Å². The van der Waals surface area contributed by atoms with Crippen LogP contribution in [0.25, 0.3) is 0 Å². The minimum Gasteiger partial charge on any atom is -0.394 e. The third-order valence-corrected chi connectivity index (χ3v) is 4.54. The maximum absolute atomic E-state index is 9.40. The summed E-state index contributed by atoms with van der Waals surface area (Å²) in [5.41, 5.74) is 5.98. The largest absolute Gasteiger partial charge is 0.394 e. The van der Waals surface area contributed by atoms with Gasteiger partial charge in [0.2, 0.25) is 0 Å². The van der Waals surface area contributed by atoms with E-state index in [2.05, 4.69) is 11.8 Å². The molecule has 2 aliphatic rings. The number of rotatable bonds is 6. The molecular weight excluding hydrogens is 200 g/mol. The Hall–Kier alpha value is -0.120. The van der Waals surface area contributed by atoms with Crippen LogP contribution >= 0.6 is 0 Å². The van der Waals surface area contributed by atoms with Crippen molar-refractivity contribution in [3.05, 3.63) is 0 Å². The summed E-state index contributed by atoms with van der Waals surface area (Å²) in [5.74, 6) is 0.533. The zero-order valence-corrected chi connectivity index (χ0v) is 10.5. The van der Waals surface area contributed by atoms with Crippen LogP contribution in [-0.2, 0) is 0 Å². The van der Waals surface area contributed by atoms with Gasteiger partial charge in [-0.25, -0.2) is 0 Å². The SMILES string of the molecule is CCN(CCC1CCCC1(N)CO)C1CC1. The first-order valence-electron chi connectivity index (χ1n) is 6.83. The molecule has 0 spiro atoms. The molecule has 3 heteroatoms. The maximum atomic E-state index is 9.40. The second-order valence-corrected chi connectivity index (χ2v) is 5.63. The third-order valence-electron chi connectivity index (χ3n) is 4.54. The molecule has 2 aliphatic carbocycles. The molecule has 2 atom stereocenters. The summed E-state index contributed by atoms with van der Waals surface area (Å²) < 4.78 is 0. The van der Waals surface area contributed by atoms with Gasteiger partial charge in [-0.3, -0.25) is 0 Å². The van der Waals surface area contributed by atoms with Gasteiger partial charge in [0.1, 0.15) is 0 Å². The van der Waals surface area contributed by atoms with E-state index in [1.165, 1.54) is 38.6 Å². The highest BCUT2D eigenvalue weighted by molar-refractivity contribution is 4.96. The average Bonchev–Trinajstić information content (AvgIpc) is 3.05. The van der Waals surface area contributed by atoms with Gasteiger partial charge in [-0.05, 0) is 51.1 Å². The Morgan fingerprint density at radius 2 is 2.12 bits per heavy atom. The highest BCUT2D eigenvalue weighted by atomic mass is 16.3.